The SMILES string of the molecule is CCn1c(=O)c(C(=O)N2CCC3(CC2)OCCO3)cc2cccnc21. The Hall–Kier alpha value is -2.25. The Bertz CT molecular complexity index is 860. The molecule has 0 aliphatic carbocycles. The van der Waals surface area contributed by atoms with Gasteiger partial charge >= 0.3 is 0 Å². The molecular weight excluding hydrogens is 322 g/mol. The number of piperidine rings is 1. The van der Waals surface area contributed by atoms with E-state index in [0.717, 1.165) is 5.39 Å². The van der Waals surface area contributed by atoms with Crippen molar-refractivity contribution in [2.75, 3.05) is 26.3 Å². The molecular formula is C18H21N3O4. The highest BCUT2D eigenvalue weighted by Crippen LogP contribution is 2.31. The maximum atomic E-state index is 12.9. The van der Waals surface area contributed by atoms with E-state index < -0.39 is 5.79 Å². The second-order valence-electron chi connectivity index (χ2n) is 6.42. The quantitative estimate of drug-likeness (QED) is 0.824. The number of fused-ring (bicyclic) bond motifs is 1. The zero-order chi connectivity index (χ0) is 17.4. The molecule has 0 saturated carbocycles. The lowest BCUT2D eigenvalue weighted by molar-refractivity contribution is -0.181. The van der Waals surface area contributed by atoms with Crippen molar-refractivity contribution in [3.63, 3.8) is 0 Å². The summed E-state index contributed by atoms with van der Waals surface area (Å²) >= 11 is 0. The highest BCUT2D eigenvalue weighted by molar-refractivity contribution is 5.97. The maximum absolute atomic E-state index is 12.9. The summed E-state index contributed by atoms with van der Waals surface area (Å²) in [7, 11) is 0. The second kappa shape index (κ2) is 6.24. The summed E-state index contributed by atoms with van der Waals surface area (Å²) in [6, 6.07) is 5.34. The summed E-state index contributed by atoms with van der Waals surface area (Å²) in [5.74, 6) is -0.765. The Kier molecular flexibility index (Phi) is 4.05. The van der Waals surface area contributed by atoms with Crippen LogP contribution in [0.4, 0.5) is 0 Å². The zero-order valence-electron chi connectivity index (χ0n) is 14.2. The lowest BCUT2D eigenvalue weighted by atomic mass is 10.0. The van der Waals surface area contributed by atoms with E-state index in [1.807, 2.05) is 13.0 Å². The number of amides is 1. The predicted molar refractivity (Wildman–Crippen MR) is 91.4 cm³/mol. The second-order valence-corrected chi connectivity index (χ2v) is 6.42. The molecule has 25 heavy (non-hydrogen) atoms. The van der Waals surface area contributed by atoms with Crippen LogP contribution < -0.4 is 5.56 Å². The highest BCUT2D eigenvalue weighted by atomic mass is 16.7. The summed E-state index contributed by atoms with van der Waals surface area (Å²) in [6.07, 6.45) is 2.92. The van der Waals surface area contributed by atoms with Crippen molar-refractivity contribution in [2.45, 2.75) is 32.1 Å². The topological polar surface area (TPSA) is 73.7 Å². The van der Waals surface area contributed by atoms with Gasteiger partial charge in [-0.3, -0.25) is 14.2 Å². The summed E-state index contributed by atoms with van der Waals surface area (Å²) in [5, 5.41) is 0.795. The van der Waals surface area contributed by atoms with Crippen LogP contribution in [0.2, 0.25) is 0 Å². The minimum absolute atomic E-state index is 0.201. The fourth-order valence-corrected chi connectivity index (χ4v) is 3.66. The number of hydrogen-bond donors (Lipinski definition) is 0. The first-order chi connectivity index (χ1) is 12.1. The van der Waals surface area contributed by atoms with E-state index in [4.69, 9.17) is 9.47 Å². The molecule has 7 nitrogen and oxygen atoms in total. The van der Waals surface area contributed by atoms with Gasteiger partial charge in [0.25, 0.3) is 11.5 Å². The molecule has 0 unspecified atom stereocenters. The number of carbonyl (C=O) groups excluding carboxylic acids is 1. The first-order valence-electron chi connectivity index (χ1n) is 8.69. The maximum Gasteiger partial charge on any atom is 0.265 e. The van der Waals surface area contributed by atoms with E-state index in [1.54, 1.807) is 27.8 Å². The van der Waals surface area contributed by atoms with Crippen LogP contribution in [-0.4, -0.2) is 52.4 Å². The number of pyridine rings is 2. The van der Waals surface area contributed by atoms with E-state index in [1.165, 1.54) is 0 Å². The van der Waals surface area contributed by atoms with Gasteiger partial charge in [-0.1, -0.05) is 0 Å². The molecule has 0 radical (unpaired) electrons. The zero-order valence-corrected chi connectivity index (χ0v) is 14.2. The van der Waals surface area contributed by atoms with Crippen LogP contribution in [0.25, 0.3) is 11.0 Å². The van der Waals surface area contributed by atoms with E-state index in [2.05, 4.69) is 4.98 Å². The Morgan fingerprint density at radius 2 is 2.00 bits per heavy atom. The monoisotopic (exact) mass is 343 g/mol. The lowest BCUT2D eigenvalue weighted by Gasteiger charge is -2.37. The van der Waals surface area contributed by atoms with Crippen LogP contribution in [0, 0.1) is 0 Å². The molecule has 1 amide bonds. The molecule has 4 rings (SSSR count). The van der Waals surface area contributed by atoms with E-state index in [-0.39, 0.29) is 17.0 Å². The molecule has 2 fully saturated rings. The molecule has 7 heteroatoms. The van der Waals surface area contributed by atoms with Gasteiger partial charge in [-0.25, -0.2) is 4.98 Å². The Morgan fingerprint density at radius 1 is 1.28 bits per heavy atom. The number of ether oxygens (including phenoxy) is 2. The molecule has 132 valence electrons. The Labute approximate surface area is 145 Å². The van der Waals surface area contributed by atoms with Gasteiger partial charge in [-0.2, -0.15) is 0 Å². The van der Waals surface area contributed by atoms with Gasteiger partial charge in [0.1, 0.15) is 11.2 Å². The number of carbonyl (C=O) groups is 1. The fraction of sp³-hybridized carbons (Fsp3) is 0.500. The van der Waals surface area contributed by atoms with Gasteiger partial charge in [-0.15, -0.1) is 0 Å². The molecule has 2 saturated heterocycles. The van der Waals surface area contributed by atoms with Gasteiger partial charge in [0.2, 0.25) is 0 Å². The van der Waals surface area contributed by atoms with E-state index in [0.29, 0.717) is 51.3 Å². The number of rotatable bonds is 2. The van der Waals surface area contributed by atoms with Gasteiger partial charge in [0.15, 0.2) is 5.79 Å². The third-order valence-electron chi connectivity index (χ3n) is 5.02. The van der Waals surface area contributed by atoms with Crippen molar-refractivity contribution in [3.05, 3.63) is 40.3 Å². The van der Waals surface area contributed by atoms with E-state index in [9.17, 15) is 9.59 Å². The number of hydrogen-bond acceptors (Lipinski definition) is 5. The normalized spacial score (nSPS) is 19.6. The van der Waals surface area contributed by atoms with Crippen molar-refractivity contribution < 1.29 is 14.3 Å². The van der Waals surface area contributed by atoms with Crippen LogP contribution in [0.1, 0.15) is 30.1 Å². The van der Waals surface area contributed by atoms with E-state index >= 15 is 0 Å². The number of likely N-dealkylation sites (tertiary alicyclic amines) is 1. The lowest BCUT2D eigenvalue weighted by Crippen LogP contribution is -2.48. The number of nitrogens with zero attached hydrogens (tertiary/aromatic N) is 3. The first-order valence-corrected chi connectivity index (χ1v) is 8.69. The van der Waals surface area contributed by atoms with Crippen LogP contribution in [0.3, 0.4) is 0 Å². The molecule has 1 spiro atoms. The van der Waals surface area contributed by atoms with Crippen LogP contribution in [0.15, 0.2) is 29.2 Å². The van der Waals surface area contributed by atoms with Crippen LogP contribution in [0.5, 0.6) is 0 Å². The smallest absolute Gasteiger partial charge is 0.265 e. The van der Waals surface area contributed by atoms with Crippen molar-refractivity contribution in [2.24, 2.45) is 0 Å². The molecule has 2 aromatic rings. The molecule has 2 aliphatic rings. The molecule has 0 atom stereocenters. The number of aromatic nitrogens is 2. The molecule has 2 aliphatic heterocycles. The summed E-state index contributed by atoms with van der Waals surface area (Å²) in [4.78, 5) is 31.7. The van der Waals surface area contributed by atoms with Gasteiger partial charge in [-0.05, 0) is 25.1 Å². The highest BCUT2D eigenvalue weighted by Gasteiger charge is 2.41. The Balaban J connectivity index is 1.64. The van der Waals surface area contributed by atoms with Crippen LogP contribution in [-0.2, 0) is 16.0 Å². The van der Waals surface area contributed by atoms with Crippen molar-refractivity contribution in [1.29, 1.82) is 0 Å². The van der Waals surface area contributed by atoms with Gasteiger partial charge < -0.3 is 14.4 Å². The molecule has 4 heterocycles. The standard InChI is InChI=1S/C18H21N3O4/c1-2-21-15-13(4-3-7-19-15)12-14(17(21)23)16(22)20-8-5-18(6-9-20)24-10-11-25-18/h3-4,7,12H,2,5-6,8-11H2,1H3. The van der Waals surface area contributed by atoms with Gasteiger partial charge in [0.05, 0.1) is 13.2 Å². The third-order valence-corrected chi connectivity index (χ3v) is 5.02. The summed E-state index contributed by atoms with van der Waals surface area (Å²) in [5.41, 5.74) is 0.524. The Morgan fingerprint density at radius 3 is 2.68 bits per heavy atom. The largest absolute Gasteiger partial charge is 0.347 e. The molecule has 0 bridgehead atoms. The average Bonchev–Trinajstić information content (AvgIpc) is 3.09. The third kappa shape index (κ3) is 2.73. The predicted octanol–water partition coefficient (Wildman–Crippen LogP) is 1.40. The fourth-order valence-electron chi connectivity index (χ4n) is 3.66. The van der Waals surface area contributed by atoms with Crippen molar-refractivity contribution >= 4 is 16.9 Å². The van der Waals surface area contributed by atoms with Crippen molar-refractivity contribution in [3.8, 4) is 0 Å². The molecule has 0 aromatic carbocycles. The van der Waals surface area contributed by atoms with Crippen molar-refractivity contribution in [1.82, 2.24) is 14.5 Å². The summed E-state index contributed by atoms with van der Waals surface area (Å²) < 4.78 is 13.0. The minimum Gasteiger partial charge on any atom is -0.347 e. The minimum atomic E-state index is -0.534. The van der Waals surface area contributed by atoms with Crippen LogP contribution >= 0.6 is 0 Å². The average molecular weight is 343 g/mol. The summed E-state index contributed by atoms with van der Waals surface area (Å²) in [6.45, 7) is 4.60. The number of aryl methyl sites for hydroxylation is 1. The first kappa shape index (κ1) is 16.2. The van der Waals surface area contributed by atoms with Gasteiger partial charge in [0, 0.05) is 44.1 Å². The molecule has 2 aromatic heterocycles. The molecule has 0 N–H and O–H groups in total.